The Kier molecular flexibility index (Phi) is 11.9. The average Bonchev–Trinajstić information content (AvgIpc) is 3.86. The standard InChI is InChI=1S/C42H52Cl2N8O5/c1-26(53)21-52-19-11-33(31(22-52)45-2)49(3)24-35(54)46-29-9-5-7-27(36(29)43)28-8-6-10-30(37(28)44)48-39(55)38-47-32-23-51(18-12-34(32)50(38)4)20-17-41-13-15-42(25-41,16-14-41)40(56)57/h5-10,26,53H,2,11-25H2,1,3-4H3,(H,46,54)(H,48,55)(H,56,57)/t26-,41?,42?/m1/s1. The van der Waals surface area contributed by atoms with Crippen LogP contribution >= 0.6 is 23.2 Å². The zero-order valence-corrected chi connectivity index (χ0v) is 34.4. The largest absolute Gasteiger partial charge is 0.481 e. The topological polar surface area (TPSA) is 156 Å². The lowest BCUT2D eigenvalue weighted by Gasteiger charge is -2.33. The van der Waals surface area contributed by atoms with Crippen molar-refractivity contribution in [3.05, 3.63) is 75.0 Å². The number of nitrogens with one attached hydrogen (secondary N) is 2. The minimum Gasteiger partial charge on any atom is -0.481 e. The van der Waals surface area contributed by atoms with Crippen molar-refractivity contribution in [1.82, 2.24) is 24.3 Å². The van der Waals surface area contributed by atoms with Gasteiger partial charge in [0.15, 0.2) is 5.82 Å². The number of carboxylic acids is 1. The summed E-state index contributed by atoms with van der Waals surface area (Å²) in [5.74, 6) is -0.980. The summed E-state index contributed by atoms with van der Waals surface area (Å²) in [5, 5.41) is 26.1. The number of hydrogen-bond donors (Lipinski definition) is 4. The maximum atomic E-state index is 13.7. The van der Waals surface area contributed by atoms with Gasteiger partial charge in [-0.2, -0.15) is 0 Å². The number of anilines is 2. The Morgan fingerprint density at radius 1 is 0.982 bits per heavy atom. The molecule has 2 bridgehead atoms. The smallest absolute Gasteiger partial charge is 0.309 e. The first kappa shape index (κ1) is 40.9. The summed E-state index contributed by atoms with van der Waals surface area (Å²) in [4.78, 5) is 54.3. The molecule has 0 radical (unpaired) electrons. The predicted molar refractivity (Wildman–Crippen MR) is 223 cm³/mol. The molecular weight excluding hydrogens is 767 g/mol. The molecule has 304 valence electrons. The van der Waals surface area contributed by atoms with Gasteiger partial charge in [-0.3, -0.25) is 29.2 Å². The van der Waals surface area contributed by atoms with Crippen LogP contribution in [0.1, 0.15) is 73.9 Å². The number of benzene rings is 2. The van der Waals surface area contributed by atoms with Gasteiger partial charge in [0.05, 0.1) is 50.9 Å². The van der Waals surface area contributed by atoms with E-state index in [9.17, 15) is 24.6 Å². The number of nitrogens with zero attached hydrogens (tertiary/aromatic N) is 6. The van der Waals surface area contributed by atoms with Crippen LogP contribution in [0.5, 0.6) is 0 Å². The second-order valence-electron chi connectivity index (χ2n) is 16.5. The van der Waals surface area contributed by atoms with Crippen LogP contribution in [0, 0.1) is 10.8 Å². The number of fused-ring (bicyclic) bond motifs is 3. The number of rotatable bonds is 14. The number of aliphatic imine (C=N–C) groups is 1. The maximum absolute atomic E-state index is 13.7. The van der Waals surface area contributed by atoms with E-state index < -0.39 is 17.5 Å². The Labute approximate surface area is 343 Å². The van der Waals surface area contributed by atoms with E-state index >= 15 is 0 Å². The van der Waals surface area contributed by atoms with Gasteiger partial charge in [-0.15, -0.1) is 0 Å². The summed E-state index contributed by atoms with van der Waals surface area (Å²) in [7, 11) is 3.71. The van der Waals surface area contributed by atoms with Crippen LogP contribution in [0.4, 0.5) is 11.4 Å². The van der Waals surface area contributed by atoms with Crippen molar-refractivity contribution in [2.24, 2.45) is 22.9 Å². The molecule has 1 atom stereocenters. The number of carbonyl (C=O) groups excluding carboxylic acids is 2. The van der Waals surface area contributed by atoms with E-state index in [1.165, 1.54) is 0 Å². The van der Waals surface area contributed by atoms with Gasteiger partial charge < -0.3 is 30.3 Å². The molecule has 1 aromatic heterocycles. The molecule has 2 saturated carbocycles. The minimum atomic E-state index is -0.632. The van der Waals surface area contributed by atoms with Gasteiger partial charge >= 0.3 is 5.97 Å². The predicted octanol–water partition coefficient (Wildman–Crippen LogP) is 6.30. The van der Waals surface area contributed by atoms with Crippen LogP contribution in [0.25, 0.3) is 11.1 Å². The highest BCUT2D eigenvalue weighted by Crippen LogP contribution is 2.63. The number of imidazole rings is 1. The number of halogens is 2. The number of hydrogen-bond acceptors (Lipinski definition) is 9. The van der Waals surface area contributed by atoms with Crippen molar-refractivity contribution in [1.29, 1.82) is 0 Å². The second kappa shape index (κ2) is 16.5. The number of likely N-dealkylation sites (N-methyl/N-ethyl adjacent to an activating group) is 1. The fourth-order valence-electron chi connectivity index (χ4n) is 9.55. The van der Waals surface area contributed by atoms with E-state index in [0.29, 0.717) is 64.4 Å². The lowest BCUT2D eigenvalue weighted by molar-refractivity contribution is -0.148. The van der Waals surface area contributed by atoms with E-state index in [1.54, 1.807) is 31.2 Å². The number of aliphatic hydroxyl groups is 1. The Morgan fingerprint density at radius 3 is 2.25 bits per heavy atom. The molecule has 2 aliphatic heterocycles. The lowest BCUT2D eigenvalue weighted by atomic mass is 9.80. The number of amides is 2. The lowest BCUT2D eigenvalue weighted by Crippen LogP contribution is -2.40. The SMILES string of the molecule is C=NC1=C(N(C)CC(=O)Nc2cccc(-c3cccc(NC(=O)c4nc5c(n4C)CCN(CCC46CCC(C(=O)O)(CC4)C6)C5)c3Cl)c2Cl)CCN(C[C@@H](C)O)C1. The molecule has 0 saturated heterocycles. The molecule has 15 heteroatoms. The van der Waals surface area contributed by atoms with E-state index in [2.05, 4.69) is 32.1 Å². The number of carbonyl (C=O) groups is 3. The van der Waals surface area contributed by atoms with E-state index in [-0.39, 0.29) is 23.8 Å². The molecule has 0 unspecified atom stereocenters. The summed E-state index contributed by atoms with van der Waals surface area (Å²) >= 11 is 13.9. The average molecular weight is 820 g/mol. The molecule has 57 heavy (non-hydrogen) atoms. The third-order valence-electron chi connectivity index (χ3n) is 12.7. The van der Waals surface area contributed by atoms with Crippen LogP contribution in [0.3, 0.4) is 0 Å². The number of aliphatic hydroxyl groups excluding tert-OH is 1. The first-order valence-electron chi connectivity index (χ1n) is 19.7. The molecule has 3 heterocycles. The maximum Gasteiger partial charge on any atom is 0.309 e. The van der Waals surface area contributed by atoms with Gasteiger partial charge in [0.25, 0.3) is 5.91 Å². The second-order valence-corrected chi connectivity index (χ2v) is 17.3. The zero-order valence-electron chi connectivity index (χ0n) is 32.9. The third-order valence-corrected chi connectivity index (χ3v) is 13.5. The highest BCUT2D eigenvalue weighted by Gasteiger charge is 2.57. The van der Waals surface area contributed by atoms with Gasteiger partial charge in [-0.05, 0) is 76.3 Å². The van der Waals surface area contributed by atoms with E-state index in [0.717, 1.165) is 87.4 Å². The molecule has 4 N–H and O–H groups in total. The summed E-state index contributed by atoms with van der Waals surface area (Å²) in [6.45, 7) is 9.76. The third kappa shape index (κ3) is 8.36. The summed E-state index contributed by atoms with van der Waals surface area (Å²) < 4.78 is 1.86. The fraction of sp³-hybridized carbons (Fsp3) is 0.500. The molecule has 3 aromatic rings. The Bertz CT molecular complexity index is 2110. The summed E-state index contributed by atoms with van der Waals surface area (Å²) in [5.41, 5.74) is 5.24. The molecule has 0 spiro atoms. The van der Waals surface area contributed by atoms with Crippen LogP contribution in [0.2, 0.25) is 10.0 Å². The molecule has 2 fully saturated rings. The molecule has 2 aliphatic carbocycles. The normalized spacial score (nSPS) is 22.6. The zero-order chi connectivity index (χ0) is 40.6. The molecule has 7 rings (SSSR count). The van der Waals surface area contributed by atoms with Gasteiger partial charge in [-0.25, -0.2) is 4.98 Å². The Morgan fingerprint density at radius 2 is 1.63 bits per heavy atom. The van der Waals surface area contributed by atoms with E-state index in [1.807, 2.05) is 35.7 Å². The van der Waals surface area contributed by atoms with Gasteiger partial charge in [0, 0.05) is 82.2 Å². The first-order valence-corrected chi connectivity index (χ1v) is 20.5. The van der Waals surface area contributed by atoms with Gasteiger partial charge in [-0.1, -0.05) is 47.5 Å². The Hall–Kier alpha value is -4.27. The van der Waals surface area contributed by atoms with Crippen LogP contribution < -0.4 is 10.6 Å². The van der Waals surface area contributed by atoms with Crippen molar-refractivity contribution >= 4 is 59.1 Å². The van der Waals surface area contributed by atoms with Crippen molar-refractivity contribution < 1.29 is 24.6 Å². The summed E-state index contributed by atoms with van der Waals surface area (Å²) in [6.07, 6.45) is 6.33. The monoisotopic (exact) mass is 818 g/mol. The van der Waals surface area contributed by atoms with Crippen molar-refractivity contribution in [3.63, 3.8) is 0 Å². The van der Waals surface area contributed by atoms with Gasteiger partial charge in [0.1, 0.15) is 0 Å². The van der Waals surface area contributed by atoms with Crippen LogP contribution in [0.15, 0.2) is 52.8 Å². The van der Waals surface area contributed by atoms with Crippen LogP contribution in [-0.2, 0) is 29.6 Å². The van der Waals surface area contributed by atoms with Crippen molar-refractivity contribution in [2.45, 2.75) is 70.9 Å². The molecule has 2 amide bonds. The number of carboxylic acid groups (broad SMARTS) is 1. The molecule has 2 aromatic carbocycles. The first-order chi connectivity index (χ1) is 27.2. The number of aromatic nitrogens is 2. The fourth-order valence-corrected chi connectivity index (χ4v) is 10.1. The van der Waals surface area contributed by atoms with E-state index in [4.69, 9.17) is 28.2 Å². The number of β-amino-alcohol motifs (C(OH)–C–C–N with tert-alkyl or cyclic N) is 1. The molecule has 4 aliphatic rings. The highest BCUT2D eigenvalue weighted by atomic mass is 35.5. The summed E-state index contributed by atoms with van der Waals surface area (Å²) in [6, 6.07) is 10.6. The minimum absolute atomic E-state index is 0.0676. The molecule has 13 nitrogen and oxygen atoms in total. The number of aliphatic carboxylic acids is 1. The van der Waals surface area contributed by atoms with Crippen molar-refractivity contribution in [2.75, 3.05) is 56.9 Å². The van der Waals surface area contributed by atoms with Crippen LogP contribution in [-0.4, -0.2) is 111 Å². The van der Waals surface area contributed by atoms with Crippen molar-refractivity contribution in [3.8, 4) is 11.1 Å². The quantitative estimate of drug-likeness (QED) is 0.137. The Balaban J connectivity index is 0.990. The highest BCUT2D eigenvalue weighted by molar-refractivity contribution is 6.39. The van der Waals surface area contributed by atoms with Gasteiger partial charge in [0.2, 0.25) is 5.91 Å². The molecular formula is C42H52Cl2N8O5.